The van der Waals surface area contributed by atoms with Gasteiger partial charge < -0.3 is 4.90 Å². The number of hydrogen-bond donors (Lipinski definition) is 0. The van der Waals surface area contributed by atoms with Gasteiger partial charge in [0.25, 0.3) is 5.78 Å². The van der Waals surface area contributed by atoms with Crippen molar-refractivity contribution >= 4 is 17.7 Å². The topological polar surface area (TPSA) is 89.4 Å². The molecule has 1 aromatic carbocycles. The smallest absolute Gasteiger partial charge is 0.272 e. The molecule has 0 saturated carbocycles. The average molecular weight is 446 g/mol. The number of likely N-dealkylation sites (tertiary alicyclic amines) is 1. The van der Waals surface area contributed by atoms with Gasteiger partial charge in [0.05, 0.1) is 29.8 Å². The average Bonchev–Trinajstić information content (AvgIpc) is 3.43. The summed E-state index contributed by atoms with van der Waals surface area (Å²) in [7, 11) is 2.11. The number of halogens is 1. The first kappa shape index (κ1) is 20.1. The molecule has 0 radical (unpaired) electrons. The van der Waals surface area contributed by atoms with E-state index in [4.69, 9.17) is 4.99 Å². The SMILES string of the molecule is Cc1cnc2nnc(C(F)c3ccc4c(c3)CC(C)(c3cnn(C5CN(C)C5)c3)C=N4)n2n1. The Kier molecular flexibility index (Phi) is 4.41. The number of aliphatic imine (C=N–C) groups is 1. The van der Waals surface area contributed by atoms with Crippen LogP contribution in [0.15, 0.2) is 41.8 Å². The molecule has 3 aromatic heterocycles. The van der Waals surface area contributed by atoms with Crippen molar-refractivity contribution in [2.24, 2.45) is 4.99 Å². The molecule has 1 fully saturated rings. The van der Waals surface area contributed by atoms with Gasteiger partial charge in [0.15, 0.2) is 12.0 Å². The third kappa shape index (κ3) is 3.32. The number of aryl methyl sites for hydroxylation is 1. The van der Waals surface area contributed by atoms with Crippen LogP contribution in [0, 0.1) is 6.92 Å². The van der Waals surface area contributed by atoms with Crippen molar-refractivity contribution in [3.05, 3.63) is 65.0 Å². The third-order valence-corrected chi connectivity index (χ3v) is 6.62. The fraction of sp³-hybridized carbons (Fsp3) is 0.391. The van der Waals surface area contributed by atoms with Gasteiger partial charge in [-0.1, -0.05) is 19.1 Å². The van der Waals surface area contributed by atoms with Crippen LogP contribution in [0.3, 0.4) is 0 Å². The Balaban J connectivity index is 1.30. The number of benzene rings is 1. The summed E-state index contributed by atoms with van der Waals surface area (Å²) >= 11 is 0. The van der Waals surface area contributed by atoms with Crippen LogP contribution in [0.4, 0.5) is 10.1 Å². The number of aromatic nitrogens is 7. The Morgan fingerprint density at radius 1 is 1.18 bits per heavy atom. The maximum Gasteiger partial charge on any atom is 0.272 e. The second kappa shape index (κ2) is 7.24. The van der Waals surface area contributed by atoms with E-state index in [1.165, 1.54) is 4.52 Å². The first-order valence-electron chi connectivity index (χ1n) is 11.0. The van der Waals surface area contributed by atoms with Gasteiger partial charge in [0, 0.05) is 36.5 Å². The molecule has 2 aliphatic rings. The summed E-state index contributed by atoms with van der Waals surface area (Å²) in [6.07, 6.45) is 6.87. The van der Waals surface area contributed by atoms with E-state index in [1.807, 2.05) is 24.5 Å². The molecule has 33 heavy (non-hydrogen) atoms. The predicted octanol–water partition coefficient (Wildman–Crippen LogP) is 2.79. The van der Waals surface area contributed by atoms with Crippen LogP contribution < -0.4 is 0 Å². The zero-order chi connectivity index (χ0) is 22.7. The number of rotatable bonds is 4. The van der Waals surface area contributed by atoms with E-state index in [9.17, 15) is 0 Å². The Morgan fingerprint density at radius 2 is 2.03 bits per heavy atom. The standard InChI is InChI=1S/C23H24FN9/c1-14-8-25-22-29-28-21(33(22)30-14)20(24)15-4-5-19-16(6-15)7-23(2,13-26-19)17-9-27-32(10-17)18-11-31(3)12-18/h4-6,8-10,13,18,20H,7,11-12H2,1-3H3. The van der Waals surface area contributed by atoms with E-state index in [1.54, 1.807) is 19.2 Å². The molecule has 2 atom stereocenters. The fourth-order valence-corrected chi connectivity index (χ4v) is 4.63. The molecule has 2 unspecified atom stereocenters. The minimum atomic E-state index is -1.48. The van der Waals surface area contributed by atoms with Gasteiger partial charge in [-0.3, -0.25) is 9.67 Å². The van der Waals surface area contributed by atoms with Crippen molar-refractivity contribution in [1.82, 2.24) is 39.5 Å². The number of nitrogens with zero attached hydrogens (tertiary/aromatic N) is 9. The second-order valence-electron chi connectivity index (χ2n) is 9.36. The summed E-state index contributed by atoms with van der Waals surface area (Å²) in [5.41, 5.74) is 3.82. The molecule has 1 saturated heterocycles. The number of hydrogen-bond acceptors (Lipinski definition) is 7. The Morgan fingerprint density at radius 3 is 2.85 bits per heavy atom. The van der Waals surface area contributed by atoms with Crippen LogP contribution in [0.1, 0.15) is 47.3 Å². The van der Waals surface area contributed by atoms with Crippen LogP contribution >= 0.6 is 0 Å². The molecule has 0 amide bonds. The minimum Gasteiger partial charge on any atom is -0.302 e. The predicted molar refractivity (Wildman–Crippen MR) is 121 cm³/mol. The van der Waals surface area contributed by atoms with Crippen LogP contribution in [-0.4, -0.2) is 65.8 Å². The van der Waals surface area contributed by atoms with E-state index in [0.29, 0.717) is 23.7 Å². The van der Waals surface area contributed by atoms with Crippen LogP contribution in [-0.2, 0) is 11.8 Å². The largest absolute Gasteiger partial charge is 0.302 e. The summed E-state index contributed by atoms with van der Waals surface area (Å²) in [6, 6.07) is 5.91. The molecule has 9 nitrogen and oxygen atoms in total. The van der Waals surface area contributed by atoms with Gasteiger partial charge in [0.1, 0.15) is 0 Å². The molecule has 5 heterocycles. The van der Waals surface area contributed by atoms with Gasteiger partial charge in [0.2, 0.25) is 0 Å². The Bertz CT molecular complexity index is 1380. The van der Waals surface area contributed by atoms with Gasteiger partial charge in [-0.05, 0) is 37.6 Å². The summed E-state index contributed by atoms with van der Waals surface area (Å²) in [5.74, 6) is 0.401. The Hall–Kier alpha value is -3.53. The normalized spacial score (nSPS) is 21.8. The van der Waals surface area contributed by atoms with Gasteiger partial charge in [-0.2, -0.15) is 14.7 Å². The zero-order valence-corrected chi connectivity index (χ0v) is 18.7. The molecule has 0 N–H and O–H groups in total. The maximum absolute atomic E-state index is 15.6. The van der Waals surface area contributed by atoms with E-state index >= 15 is 4.39 Å². The molecule has 4 aromatic rings. The minimum absolute atomic E-state index is 0.120. The van der Waals surface area contributed by atoms with Crippen molar-refractivity contribution in [3.8, 4) is 0 Å². The third-order valence-electron chi connectivity index (χ3n) is 6.62. The first-order chi connectivity index (χ1) is 15.9. The first-order valence-corrected chi connectivity index (χ1v) is 11.0. The molecular weight excluding hydrogens is 421 g/mol. The van der Waals surface area contributed by atoms with Crippen molar-refractivity contribution in [2.75, 3.05) is 20.1 Å². The van der Waals surface area contributed by atoms with Crippen LogP contribution in [0.5, 0.6) is 0 Å². The second-order valence-corrected chi connectivity index (χ2v) is 9.36. The molecule has 168 valence electrons. The lowest BCUT2D eigenvalue weighted by Gasteiger charge is -2.36. The highest BCUT2D eigenvalue weighted by Gasteiger charge is 2.33. The highest BCUT2D eigenvalue weighted by atomic mass is 19.1. The highest BCUT2D eigenvalue weighted by Crippen LogP contribution is 2.38. The molecule has 0 aliphatic carbocycles. The highest BCUT2D eigenvalue weighted by molar-refractivity contribution is 5.80. The van der Waals surface area contributed by atoms with Gasteiger partial charge >= 0.3 is 0 Å². The molecule has 2 aliphatic heterocycles. The van der Waals surface area contributed by atoms with E-state index in [2.05, 4.69) is 55.1 Å². The van der Waals surface area contributed by atoms with Gasteiger partial charge in [-0.15, -0.1) is 10.2 Å². The lowest BCUT2D eigenvalue weighted by molar-refractivity contribution is 0.130. The van der Waals surface area contributed by atoms with Crippen molar-refractivity contribution in [1.29, 1.82) is 0 Å². The van der Waals surface area contributed by atoms with Crippen LogP contribution in [0.25, 0.3) is 5.78 Å². The van der Waals surface area contributed by atoms with Crippen molar-refractivity contribution in [2.45, 2.75) is 37.9 Å². The zero-order valence-electron chi connectivity index (χ0n) is 18.7. The number of alkyl halides is 1. The molecule has 6 rings (SSSR count). The quantitative estimate of drug-likeness (QED) is 0.480. The lowest BCUT2D eigenvalue weighted by Crippen LogP contribution is -2.45. The monoisotopic (exact) mass is 445 g/mol. The summed E-state index contributed by atoms with van der Waals surface area (Å²) in [5, 5.41) is 16.9. The van der Waals surface area contributed by atoms with Gasteiger partial charge in [-0.25, -0.2) is 9.37 Å². The summed E-state index contributed by atoms with van der Waals surface area (Å²) in [4.78, 5) is 11.1. The van der Waals surface area contributed by atoms with Crippen molar-refractivity contribution < 1.29 is 4.39 Å². The van der Waals surface area contributed by atoms with Crippen molar-refractivity contribution in [3.63, 3.8) is 0 Å². The molecule has 0 spiro atoms. The summed E-state index contributed by atoms with van der Waals surface area (Å²) < 4.78 is 19.0. The molecular formula is C23H24FN9. The molecule has 10 heteroatoms. The number of fused-ring (bicyclic) bond motifs is 2. The van der Waals surface area contributed by atoms with E-state index < -0.39 is 6.17 Å². The number of likely N-dealkylation sites (N-methyl/N-ethyl adjacent to an activating group) is 1. The van der Waals surface area contributed by atoms with E-state index in [0.717, 1.165) is 29.9 Å². The van der Waals surface area contributed by atoms with Crippen LogP contribution in [0.2, 0.25) is 0 Å². The fourth-order valence-electron chi connectivity index (χ4n) is 4.63. The Labute approximate surface area is 190 Å². The summed E-state index contributed by atoms with van der Waals surface area (Å²) in [6.45, 7) is 5.97. The lowest BCUT2D eigenvalue weighted by atomic mass is 9.77. The maximum atomic E-state index is 15.6. The molecule has 0 bridgehead atoms. The van der Waals surface area contributed by atoms with E-state index in [-0.39, 0.29) is 17.0 Å².